The number of ether oxygens (including phenoxy) is 10. The Balaban J connectivity index is 0.000000147. The van der Waals surface area contributed by atoms with Crippen LogP contribution in [0.15, 0.2) is 140 Å². The summed E-state index contributed by atoms with van der Waals surface area (Å²) in [6, 6.07) is 44.5. The fourth-order valence-electron chi connectivity index (χ4n) is 8.20. The molecule has 15 heteroatoms. The average Bonchev–Trinajstić information content (AvgIpc) is 4.23. The van der Waals surface area contributed by atoms with Gasteiger partial charge in [0.05, 0.1) is 62.8 Å². The van der Waals surface area contributed by atoms with Crippen molar-refractivity contribution in [2.45, 2.75) is 46.4 Å². The van der Waals surface area contributed by atoms with Crippen molar-refractivity contribution in [2.24, 2.45) is 0 Å². The third-order valence-electron chi connectivity index (χ3n) is 11.6. The lowest BCUT2D eigenvalue weighted by Gasteiger charge is -2.15. The van der Waals surface area contributed by atoms with E-state index in [1.165, 1.54) is 14.2 Å². The molecule has 0 amide bonds. The normalized spacial score (nSPS) is 15.4. The van der Waals surface area contributed by atoms with Crippen molar-refractivity contribution >= 4 is 56.3 Å². The molecule has 4 aliphatic rings. The molecule has 70 heavy (non-hydrogen) atoms. The van der Waals surface area contributed by atoms with Crippen LogP contribution in [0.3, 0.4) is 0 Å². The minimum atomic E-state index is -0.559. The predicted octanol–water partition coefficient (Wildman–Crippen LogP) is 11.6. The molecule has 0 spiro atoms. The zero-order chi connectivity index (χ0) is 47.3. The summed E-state index contributed by atoms with van der Waals surface area (Å²) < 4.78 is 56.3. The Bertz CT molecular complexity index is 3220. The van der Waals surface area contributed by atoms with Crippen LogP contribution in [0.2, 0.25) is 0 Å². The molecule has 6 heterocycles. The third-order valence-corrected chi connectivity index (χ3v) is 12.5. The van der Waals surface area contributed by atoms with Crippen LogP contribution in [0.1, 0.15) is 74.4 Å². The van der Waals surface area contributed by atoms with Crippen LogP contribution in [0.5, 0.6) is 23.0 Å². The van der Waals surface area contributed by atoms with E-state index in [9.17, 15) is 9.59 Å². The molecular weight excluding hydrogens is 1010 g/mol. The number of nitrogens with zero attached hydrogens (tertiary/aromatic N) is 2. The summed E-state index contributed by atoms with van der Waals surface area (Å²) in [5.41, 5.74) is 10.0. The molecule has 0 fully saturated rings. The second-order valence-corrected chi connectivity index (χ2v) is 17.1. The summed E-state index contributed by atoms with van der Waals surface area (Å²) in [7, 11) is 2.75. The summed E-state index contributed by atoms with van der Waals surface area (Å²) in [6.45, 7) is 2.06. The first kappa shape index (κ1) is 47.9. The number of carbonyl (C=O) groups excluding carboxylic acids is 2. The highest BCUT2D eigenvalue weighted by molar-refractivity contribution is 14.1. The number of pyridine rings is 2. The second-order valence-electron chi connectivity index (χ2n) is 15.9. The van der Waals surface area contributed by atoms with Crippen molar-refractivity contribution in [2.75, 3.05) is 27.8 Å². The van der Waals surface area contributed by atoms with Crippen LogP contribution in [-0.2, 0) is 54.8 Å². The van der Waals surface area contributed by atoms with Crippen LogP contribution in [0.4, 0.5) is 0 Å². The molecule has 0 radical (unpaired) electrons. The van der Waals surface area contributed by atoms with Gasteiger partial charge in [0.2, 0.25) is 26.2 Å². The van der Waals surface area contributed by atoms with Crippen molar-refractivity contribution in [1.29, 1.82) is 0 Å². The van der Waals surface area contributed by atoms with E-state index in [2.05, 4.69) is 45.5 Å². The topological polar surface area (TPSA) is 152 Å². The molecular formula is C55H47IN2O12. The van der Waals surface area contributed by atoms with Crippen molar-refractivity contribution in [3.05, 3.63) is 188 Å². The van der Waals surface area contributed by atoms with E-state index in [-0.39, 0.29) is 33.6 Å². The monoisotopic (exact) mass is 1050 g/mol. The molecule has 14 nitrogen and oxygen atoms in total. The lowest BCUT2D eigenvalue weighted by Crippen LogP contribution is -2.06. The Labute approximate surface area is 417 Å². The number of methoxy groups -OCH3 is 2. The number of aromatic nitrogens is 2. The number of carbonyl (C=O) groups is 2. The highest BCUT2D eigenvalue weighted by atomic mass is 127. The maximum Gasteiger partial charge on any atom is 0.338 e. The second kappa shape index (κ2) is 21.6. The quantitative estimate of drug-likeness (QED) is 0.0995. The summed E-state index contributed by atoms with van der Waals surface area (Å²) in [5, 5.41) is 2.20. The Morgan fingerprint density at radius 3 is 1.74 bits per heavy atom. The smallest absolute Gasteiger partial charge is 0.338 e. The van der Waals surface area contributed by atoms with Gasteiger partial charge in [-0.25, -0.2) is 19.6 Å². The molecule has 0 aliphatic carbocycles. The molecule has 2 unspecified atom stereocenters. The third kappa shape index (κ3) is 10.2. The molecule has 0 bridgehead atoms. The minimum Gasteiger partial charge on any atom is -0.465 e. The molecule has 8 aromatic rings. The summed E-state index contributed by atoms with van der Waals surface area (Å²) >= 11 is 2.10. The summed E-state index contributed by atoms with van der Waals surface area (Å²) in [5.74, 6) is 2.03. The first-order valence-corrected chi connectivity index (χ1v) is 23.0. The summed E-state index contributed by atoms with van der Waals surface area (Å²) in [4.78, 5) is 32.8. The standard InChI is InChI=1S/C27H21NO6.C19H15NO4.C8H7IO2.CH4/c1-30-26(29)20-8-4-3-7-19(20)21-10-16(11-23-25(21)34-15-33-23)13-31-27-24-18(14-32-27)12-17-6-2-5-9-22(17)28-24;1-2-4-15-13(3-1)8-14-10-22-19(18(14)20-15)21-9-12-5-6-16-17(7-12)24-11-23-16;1-11-8(10)6-4-2-3-5-7(6)9;/h2-12,27H,13-15H2,1H3;1-8,19H,9-11H2;2-5H,1H3;1H4. The maximum absolute atomic E-state index is 12.4. The van der Waals surface area contributed by atoms with Gasteiger partial charge >= 0.3 is 11.9 Å². The highest BCUT2D eigenvalue weighted by Crippen LogP contribution is 2.44. The van der Waals surface area contributed by atoms with Crippen LogP contribution < -0.4 is 18.9 Å². The van der Waals surface area contributed by atoms with E-state index in [0.29, 0.717) is 48.0 Å². The molecule has 356 valence electrons. The number of hydrogen-bond acceptors (Lipinski definition) is 14. The van der Waals surface area contributed by atoms with Gasteiger partial charge in [-0.15, -0.1) is 0 Å². The first-order valence-electron chi connectivity index (χ1n) is 21.9. The van der Waals surface area contributed by atoms with Gasteiger partial charge in [0.15, 0.2) is 23.0 Å². The fourth-order valence-corrected chi connectivity index (χ4v) is 8.81. The van der Waals surface area contributed by atoms with E-state index in [1.54, 1.807) is 18.2 Å². The van der Waals surface area contributed by atoms with Crippen molar-refractivity contribution < 1.29 is 57.0 Å². The molecule has 0 N–H and O–H groups in total. The van der Waals surface area contributed by atoms with E-state index < -0.39 is 18.5 Å². The van der Waals surface area contributed by atoms with Gasteiger partial charge in [-0.1, -0.05) is 80.2 Å². The van der Waals surface area contributed by atoms with Crippen LogP contribution in [-0.4, -0.2) is 49.7 Å². The molecule has 4 aliphatic heterocycles. The van der Waals surface area contributed by atoms with Crippen molar-refractivity contribution in [3.63, 3.8) is 0 Å². The number of hydrogen-bond donors (Lipinski definition) is 0. The fraction of sp³-hybridized carbons (Fsp3) is 0.200. The number of fused-ring (bicyclic) bond motifs is 6. The first-order chi connectivity index (χ1) is 33.8. The highest BCUT2D eigenvalue weighted by Gasteiger charge is 2.29. The largest absolute Gasteiger partial charge is 0.465 e. The lowest BCUT2D eigenvalue weighted by molar-refractivity contribution is -0.147. The Morgan fingerprint density at radius 2 is 1.09 bits per heavy atom. The molecule has 0 saturated heterocycles. The number of esters is 2. The van der Waals surface area contributed by atoms with Crippen LogP contribution in [0.25, 0.3) is 32.9 Å². The zero-order valence-corrected chi connectivity index (χ0v) is 39.5. The van der Waals surface area contributed by atoms with Crippen LogP contribution in [0, 0.1) is 3.57 Å². The van der Waals surface area contributed by atoms with E-state index in [4.69, 9.17) is 52.6 Å². The molecule has 12 rings (SSSR count). The number of halogens is 1. The van der Waals surface area contributed by atoms with Crippen molar-refractivity contribution in [1.82, 2.24) is 9.97 Å². The summed E-state index contributed by atoms with van der Waals surface area (Å²) in [6.07, 6.45) is -0.995. The molecule has 2 atom stereocenters. The maximum atomic E-state index is 12.4. The Morgan fingerprint density at radius 1 is 0.557 bits per heavy atom. The minimum absolute atomic E-state index is 0. The SMILES string of the molecule is C.COC(=O)c1ccccc1-c1cc(COC2OCc3cc4ccccc4nc32)cc2c1OCO2.COC(=O)c1ccccc1I.c1ccc2nc3c(cc2c1)COC3OCc1ccc2c(c1)OCO2. The van der Waals surface area contributed by atoms with E-state index >= 15 is 0 Å². The molecule has 0 saturated carbocycles. The zero-order valence-electron chi connectivity index (χ0n) is 37.3. The van der Waals surface area contributed by atoms with E-state index in [0.717, 1.165) is 76.1 Å². The Hall–Kier alpha value is -7.15. The van der Waals surface area contributed by atoms with Gasteiger partial charge in [0.1, 0.15) is 11.4 Å². The van der Waals surface area contributed by atoms with Crippen LogP contribution >= 0.6 is 22.6 Å². The molecule has 2 aromatic heterocycles. The van der Waals surface area contributed by atoms with E-state index in [1.807, 2.05) is 103 Å². The lowest BCUT2D eigenvalue weighted by atomic mass is 9.96. The van der Waals surface area contributed by atoms with Gasteiger partial charge in [-0.05, 0) is 100 Å². The molecule has 6 aromatic carbocycles. The van der Waals surface area contributed by atoms with Crippen molar-refractivity contribution in [3.8, 4) is 34.1 Å². The average molecular weight is 1050 g/mol. The van der Waals surface area contributed by atoms with Gasteiger partial charge in [0.25, 0.3) is 0 Å². The number of benzene rings is 6. The van der Waals surface area contributed by atoms with Gasteiger partial charge in [0, 0.05) is 36.6 Å². The number of para-hydroxylation sites is 2. The Kier molecular flexibility index (Phi) is 14.8. The number of rotatable bonds is 9. The predicted molar refractivity (Wildman–Crippen MR) is 267 cm³/mol. The van der Waals surface area contributed by atoms with Gasteiger partial charge in [-0.3, -0.25) is 0 Å². The van der Waals surface area contributed by atoms with Gasteiger partial charge < -0.3 is 47.4 Å². The van der Waals surface area contributed by atoms with Gasteiger partial charge in [-0.2, -0.15) is 0 Å².